The van der Waals surface area contributed by atoms with Gasteiger partial charge in [0.2, 0.25) is 11.6 Å². The molecule has 0 bridgehead atoms. The van der Waals surface area contributed by atoms with Gasteiger partial charge in [-0.05, 0) is 85.6 Å². The van der Waals surface area contributed by atoms with Crippen molar-refractivity contribution in [1.82, 2.24) is 50.0 Å². The molecule has 6 N–H and O–H groups in total. The lowest BCUT2D eigenvalue weighted by Gasteiger charge is -2.32. The Labute approximate surface area is 416 Å². The van der Waals surface area contributed by atoms with Crippen molar-refractivity contribution < 1.29 is 28.7 Å². The van der Waals surface area contributed by atoms with Crippen molar-refractivity contribution in [3.63, 3.8) is 0 Å². The van der Waals surface area contributed by atoms with Gasteiger partial charge in [0.25, 0.3) is 23.6 Å². The second-order valence-electron chi connectivity index (χ2n) is 17.9. The number of anilines is 4. The average Bonchev–Trinajstić information content (AvgIpc) is 4.02. The summed E-state index contributed by atoms with van der Waals surface area (Å²) in [5, 5.41) is 14.2. The number of carbonyl (C=O) groups excluding carboxylic acids is 4. The van der Waals surface area contributed by atoms with Crippen molar-refractivity contribution in [2.45, 2.75) is 51.2 Å². The van der Waals surface area contributed by atoms with Gasteiger partial charge < -0.3 is 41.4 Å². The number of fused-ring (bicyclic) bond motifs is 2. The number of likely N-dealkylation sites (N-methyl/N-ethyl adjacent to an activating group) is 2. The van der Waals surface area contributed by atoms with Crippen molar-refractivity contribution in [2.24, 2.45) is 0 Å². The fourth-order valence-corrected chi connectivity index (χ4v) is 8.60. The third kappa shape index (κ3) is 11.2. The van der Waals surface area contributed by atoms with E-state index in [-0.39, 0.29) is 23.5 Å². The zero-order valence-electron chi connectivity index (χ0n) is 40.3. The molecule has 368 valence electrons. The Balaban J connectivity index is 0.738. The number of hydrogen-bond acceptors (Lipinski definition) is 14. The van der Waals surface area contributed by atoms with E-state index in [0.717, 1.165) is 48.4 Å². The van der Waals surface area contributed by atoms with Crippen molar-refractivity contribution in [3.05, 3.63) is 131 Å². The molecule has 1 fully saturated rings. The predicted molar refractivity (Wildman–Crippen MR) is 269 cm³/mol. The SMILES string of the molecule is C[C@H]1Oc2ccc(C#CCN3CCN(CC#Cc4ccc5c(c4)N(C)C(=O)[C@@H](NC(=O)c4ncn(Cc6cccc(N)c6)n4)[C@@H](C)O5)CC3)cc2N(C)C(=O)[C@H]1NC(=O)c1ncn(Cc2cccc(N)c2)n1. The Morgan fingerprint density at radius 2 is 1.04 bits per heavy atom. The van der Waals surface area contributed by atoms with E-state index in [9.17, 15) is 19.2 Å². The molecule has 0 spiro atoms. The largest absolute Gasteiger partial charge is 0.486 e. The highest BCUT2D eigenvalue weighted by Gasteiger charge is 2.38. The van der Waals surface area contributed by atoms with Crippen LogP contribution in [0, 0.1) is 23.7 Å². The summed E-state index contributed by atoms with van der Waals surface area (Å²) >= 11 is 0. The molecular formula is C52H54N14O6. The lowest BCUT2D eigenvalue weighted by atomic mass is 10.1. The molecule has 6 aromatic rings. The highest BCUT2D eigenvalue weighted by Crippen LogP contribution is 2.35. The van der Waals surface area contributed by atoms with E-state index in [1.165, 1.54) is 31.8 Å². The van der Waals surface area contributed by atoms with Crippen LogP contribution >= 0.6 is 0 Å². The number of benzene rings is 4. The van der Waals surface area contributed by atoms with Crippen LogP contribution in [0.4, 0.5) is 22.7 Å². The number of aromatic nitrogens is 6. The van der Waals surface area contributed by atoms with E-state index in [1.807, 2.05) is 60.7 Å². The molecule has 9 rings (SSSR count). The zero-order valence-corrected chi connectivity index (χ0v) is 40.3. The van der Waals surface area contributed by atoms with E-state index in [2.05, 4.69) is 64.3 Å². The maximum Gasteiger partial charge on any atom is 0.291 e. The van der Waals surface area contributed by atoms with Gasteiger partial charge in [-0.1, -0.05) is 47.9 Å². The molecule has 5 heterocycles. The minimum atomic E-state index is -0.996. The summed E-state index contributed by atoms with van der Waals surface area (Å²) in [4.78, 5) is 69.8. The van der Waals surface area contributed by atoms with Crippen LogP contribution in [0.15, 0.2) is 97.6 Å². The highest BCUT2D eigenvalue weighted by molar-refractivity contribution is 6.04. The molecule has 2 aromatic heterocycles. The topological polar surface area (TPSA) is 237 Å². The first kappa shape index (κ1) is 48.3. The van der Waals surface area contributed by atoms with Gasteiger partial charge in [0, 0.05) is 62.8 Å². The van der Waals surface area contributed by atoms with Gasteiger partial charge in [-0.15, -0.1) is 10.2 Å². The number of nitrogens with two attached hydrogens (primary N) is 2. The predicted octanol–water partition coefficient (Wildman–Crippen LogP) is 2.24. The summed E-state index contributed by atoms with van der Waals surface area (Å²) in [5.74, 6) is 12.0. The van der Waals surface area contributed by atoms with E-state index in [0.29, 0.717) is 60.4 Å². The van der Waals surface area contributed by atoms with E-state index in [1.54, 1.807) is 52.2 Å². The second kappa shape index (κ2) is 21.1. The molecule has 4 atom stereocenters. The van der Waals surface area contributed by atoms with Gasteiger partial charge >= 0.3 is 0 Å². The molecule has 0 unspecified atom stereocenters. The molecule has 0 radical (unpaired) electrons. The zero-order chi connectivity index (χ0) is 50.5. The molecular weight excluding hydrogens is 917 g/mol. The number of rotatable bonds is 10. The van der Waals surface area contributed by atoms with Crippen LogP contribution in [0.1, 0.15) is 57.3 Å². The fourth-order valence-electron chi connectivity index (χ4n) is 8.60. The van der Waals surface area contributed by atoms with Gasteiger partial charge in [-0.25, -0.2) is 19.3 Å². The Hall–Kier alpha value is -8.72. The number of nitrogens with one attached hydrogen (secondary N) is 2. The van der Waals surface area contributed by atoms with Gasteiger partial charge in [0.05, 0.1) is 37.6 Å². The second-order valence-corrected chi connectivity index (χ2v) is 17.9. The van der Waals surface area contributed by atoms with Crippen LogP contribution in [0.3, 0.4) is 0 Å². The lowest BCUT2D eigenvalue weighted by Crippen LogP contribution is -2.53. The molecule has 4 aromatic carbocycles. The number of ether oxygens (including phenoxy) is 2. The fraction of sp³-hybridized carbons (Fsp3) is 0.308. The maximum atomic E-state index is 13.8. The Bertz CT molecular complexity index is 2950. The molecule has 20 nitrogen and oxygen atoms in total. The van der Waals surface area contributed by atoms with Crippen molar-refractivity contribution >= 4 is 46.4 Å². The van der Waals surface area contributed by atoms with Crippen LogP contribution in [0.25, 0.3) is 0 Å². The summed E-state index contributed by atoms with van der Waals surface area (Å²) in [7, 11) is 3.29. The first-order valence-corrected chi connectivity index (χ1v) is 23.4. The van der Waals surface area contributed by atoms with Crippen LogP contribution < -0.4 is 41.4 Å². The van der Waals surface area contributed by atoms with Gasteiger partial charge in [0.15, 0.2) is 0 Å². The maximum absolute atomic E-state index is 13.8. The first-order valence-electron chi connectivity index (χ1n) is 23.4. The van der Waals surface area contributed by atoms with E-state index in [4.69, 9.17) is 20.9 Å². The standard InChI is InChI=1S/C52H54N14O6/c1-33-45(57-49(67)47-55-31-65(59-47)29-37-9-5-13-39(53)25-37)51(69)61(3)41-27-35(15-17-43(41)71-33)11-7-19-63-21-23-64(24-22-63)20-8-12-36-16-18-44-42(28-36)62(4)52(70)46(34(2)72-44)58-50(68)48-56-32-66(60-48)30-38-10-6-14-40(54)26-38/h5-6,9-10,13-18,25-28,31-34,45-46H,19-24,29-30,53-54H2,1-4H3,(H,57,67)(H,58,68)/t33-,34-,45+,46+/m1/s1. The van der Waals surface area contributed by atoms with Crippen molar-refractivity contribution in [3.8, 4) is 35.2 Å². The number of amides is 4. The Morgan fingerprint density at radius 1 is 0.625 bits per heavy atom. The third-order valence-electron chi connectivity index (χ3n) is 12.6. The molecule has 3 aliphatic rings. The smallest absolute Gasteiger partial charge is 0.291 e. The molecule has 1 saturated heterocycles. The Morgan fingerprint density at radius 3 is 1.44 bits per heavy atom. The first-order chi connectivity index (χ1) is 34.7. The molecule has 4 amide bonds. The van der Waals surface area contributed by atoms with Crippen LogP contribution in [0.2, 0.25) is 0 Å². The van der Waals surface area contributed by atoms with Crippen LogP contribution in [-0.2, 0) is 22.7 Å². The molecule has 72 heavy (non-hydrogen) atoms. The van der Waals surface area contributed by atoms with Gasteiger partial charge in [-0.2, -0.15) is 0 Å². The summed E-state index contributed by atoms with van der Waals surface area (Å²) in [5.41, 5.74) is 17.4. The summed E-state index contributed by atoms with van der Waals surface area (Å²) in [6.07, 6.45) is 1.55. The number of piperazine rings is 1. The number of hydrogen-bond donors (Lipinski definition) is 4. The average molecular weight is 971 g/mol. The molecule has 0 saturated carbocycles. The van der Waals surface area contributed by atoms with Gasteiger partial charge in [-0.3, -0.25) is 29.0 Å². The van der Waals surface area contributed by atoms with E-state index >= 15 is 0 Å². The van der Waals surface area contributed by atoms with Gasteiger partial charge in [0.1, 0.15) is 48.4 Å². The molecule has 0 aliphatic carbocycles. The molecule has 20 heteroatoms. The summed E-state index contributed by atoms with van der Waals surface area (Å²) in [6, 6.07) is 23.7. The number of nitrogens with zero attached hydrogens (tertiary/aromatic N) is 10. The van der Waals surface area contributed by atoms with Crippen LogP contribution in [0.5, 0.6) is 11.5 Å². The third-order valence-corrected chi connectivity index (χ3v) is 12.6. The highest BCUT2D eigenvalue weighted by atomic mass is 16.5. The summed E-state index contributed by atoms with van der Waals surface area (Å²) < 4.78 is 15.5. The van der Waals surface area contributed by atoms with E-state index < -0.39 is 36.1 Å². The summed E-state index contributed by atoms with van der Waals surface area (Å²) in [6.45, 7) is 8.60. The minimum Gasteiger partial charge on any atom is -0.486 e. The van der Waals surface area contributed by atoms with Crippen LogP contribution in [-0.4, -0.2) is 141 Å². The monoisotopic (exact) mass is 970 g/mol. The molecule has 3 aliphatic heterocycles. The number of carbonyl (C=O) groups is 4. The van der Waals surface area contributed by atoms with Crippen molar-refractivity contribution in [2.75, 3.05) is 74.6 Å². The number of nitrogen functional groups attached to an aromatic ring is 2. The minimum absolute atomic E-state index is 0.0685. The van der Waals surface area contributed by atoms with Crippen molar-refractivity contribution in [1.29, 1.82) is 0 Å². The normalized spacial score (nSPS) is 18.9. The quantitative estimate of drug-likeness (QED) is 0.114. The lowest BCUT2D eigenvalue weighted by molar-refractivity contribution is -0.122. The Kier molecular flexibility index (Phi) is 14.2.